The van der Waals surface area contributed by atoms with Gasteiger partial charge in [-0.25, -0.2) is 0 Å². The number of nitrogens with two attached hydrogens (primary N) is 1. The maximum absolute atomic E-state index is 12.5. The fourth-order valence-electron chi connectivity index (χ4n) is 2.92. The van der Waals surface area contributed by atoms with Crippen molar-refractivity contribution in [3.63, 3.8) is 0 Å². The quantitative estimate of drug-likeness (QED) is 0.796. The summed E-state index contributed by atoms with van der Waals surface area (Å²) in [6, 6.07) is 5.52. The van der Waals surface area contributed by atoms with Gasteiger partial charge in [0.1, 0.15) is 0 Å². The number of thiocarbonyl (C=S) groups is 1. The monoisotopic (exact) mass is 368 g/mol. The molecule has 1 aliphatic carbocycles. The van der Waals surface area contributed by atoms with E-state index in [0.717, 1.165) is 22.9 Å². The third kappa shape index (κ3) is 4.27. The molecule has 1 aromatic rings. The van der Waals surface area contributed by atoms with Crippen LogP contribution >= 0.6 is 28.1 Å². The summed E-state index contributed by atoms with van der Waals surface area (Å²) >= 11 is 8.61. The molecule has 3 nitrogen and oxygen atoms in total. The molecular weight excluding hydrogens is 348 g/mol. The Morgan fingerprint density at radius 1 is 1.38 bits per heavy atom. The average Bonchev–Trinajstić information content (AvgIpc) is 2.47. The van der Waals surface area contributed by atoms with E-state index in [2.05, 4.69) is 21.2 Å². The van der Waals surface area contributed by atoms with Crippen molar-refractivity contribution in [2.24, 2.45) is 11.7 Å². The average molecular weight is 369 g/mol. The summed E-state index contributed by atoms with van der Waals surface area (Å²) in [5.41, 5.74) is 7.55. The highest BCUT2D eigenvalue weighted by molar-refractivity contribution is 9.10. The highest BCUT2D eigenvalue weighted by Gasteiger charge is 2.27. The van der Waals surface area contributed by atoms with Gasteiger partial charge in [-0.05, 0) is 53.7 Å². The molecule has 1 fully saturated rings. The maximum atomic E-state index is 12.5. The van der Waals surface area contributed by atoms with Gasteiger partial charge < -0.3 is 11.1 Å². The minimum atomic E-state index is -0.208. The fourth-order valence-corrected chi connectivity index (χ4v) is 3.60. The van der Waals surface area contributed by atoms with Crippen molar-refractivity contribution in [1.29, 1.82) is 0 Å². The number of hydrogen-bond donors (Lipinski definition) is 2. The number of amides is 1. The van der Waals surface area contributed by atoms with E-state index >= 15 is 0 Å². The van der Waals surface area contributed by atoms with Gasteiger partial charge in [-0.1, -0.05) is 43.1 Å². The number of benzene rings is 1. The first-order valence-corrected chi connectivity index (χ1v) is 8.55. The second-order valence-electron chi connectivity index (χ2n) is 5.73. The lowest BCUT2D eigenvalue weighted by molar-refractivity contribution is 0.0931. The van der Waals surface area contributed by atoms with Gasteiger partial charge in [-0.2, -0.15) is 0 Å². The van der Waals surface area contributed by atoms with Crippen LogP contribution in [-0.2, 0) is 0 Å². The molecule has 1 aromatic carbocycles. The zero-order chi connectivity index (χ0) is 15.4. The first-order chi connectivity index (χ1) is 9.99. The number of carbonyl (C=O) groups excluding carboxylic acids is 1. The van der Waals surface area contributed by atoms with E-state index in [1.807, 2.05) is 25.1 Å². The Labute approximate surface area is 139 Å². The number of nitrogens with one attached hydrogen (secondary N) is 1. The van der Waals surface area contributed by atoms with Crippen LogP contribution in [0.25, 0.3) is 0 Å². The Kier molecular flexibility index (Phi) is 5.76. The van der Waals surface area contributed by atoms with E-state index in [4.69, 9.17) is 18.0 Å². The molecule has 1 saturated carbocycles. The first-order valence-electron chi connectivity index (χ1n) is 7.35. The van der Waals surface area contributed by atoms with Crippen molar-refractivity contribution >= 4 is 39.0 Å². The second-order valence-corrected chi connectivity index (χ2v) is 7.06. The van der Waals surface area contributed by atoms with E-state index in [-0.39, 0.29) is 11.9 Å². The Morgan fingerprint density at radius 3 is 2.67 bits per heavy atom. The van der Waals surface area contributed by atoms with Crippen molar-refractivity contribution in [2.45, 2.75) is 45.1 Å². The standard InChI is InChI=1S/C16H21BrN2OS/c1-10-7-8-13(17)12(9-10)16(20)19-14(15(18)21)11-5-3-2-4-6-11/h7-9,11,14H,2-6H2,1H3,(H2,18,21)(H,19,20). The molecule has 1 aliphatic rings. The molecule has 0 bridgehead atoms. The highest BCUT2D eigenvalue weighted by atomic mass is 79.9. The predicted molar refractivity (Wildman–Crippen MR) is 93.5 cm³/mol. The lowest BCUT2D eigenvalue weighted by Crippen LogP contribution is -2.48. The van der Waals surface area contributed by atoms with Crippen molar-refractivity contribution < 1.29 is 4.79 Å². The molecule has 0 spiro atoms. The van der Waals surface area contributed by atoms with Crippen LogP contribution in [-0.4, -0.2) is 16.9 Å². The number of halogens is 1. The van der Waals surface area contributed by atoms with E-state index in [1.54, 1.807) is 0 Å². The van der Waals surface area contributed by atoms with Crippen molar-refractivity contribution in [3.05, 3.63) is 33.8 Å². The van der Waals surface area contributed by atoms with Crippen LogP contribution in [0.5, 0.6) is 0 Å². The minimum Gasteiger partial charge on any atom is -0.392 e. The van der Waals surface area contributed by atoms with Gasteiger partial charge in [-0.15, -0.1) is 0 Å². The summed E-state index contributed by atoms with van der Waals surface area (Å²) < 4.78 is 0.788. The van der Waals surface area contributed by atoms with Crippen LogP contribution in [0, 0.1) is 12.8 Å². The van der Waals surface area contributed by atoms with Crippen LogP contribution < -0.4 is 11.1 Å². The van der Waals surface area contributed by atoms with Crippen LogP contribution in [0.1, 0.15) is 48.0 Å². The summed E-state index contributed by atoms with van der Waals surface area (Å²) in [5.74, 6) is 0.248. The molecule has 2 rings (SSSR count). The van der Waals surface area contributed by atoms with Gasteiger partial charge in [0.25, 0.3) is 5.91 Å². The summed E-state index contributed by atoms with van der Waals surface area (Å²) in [7, 11) is 0. The minimum absolute atomic E-state index is 0.117. The summed E-state index contributed by atoms with van der Waals surface area (Å²) in [5, 5.41) is 3.04. The summed E-state index contributed by atoms with van der Waals surface area (Å²) in [4.78, 5) is 12.9. The van der Waals surface area contributed by atoms with Crippen LogP contribution in [0.3, 0.4) is 0 Å². The smallest absolute Gasteiger partial charge is 0.253 e. The highest BCUT2D eigenvalue weighted by Crippen LogP contribution is 2.27. The molecule has 0 saturated heterocycles. The maximum Gasteiger partial charge on any atom is 0.253 e. The zero-order valence-corrected chi connectivity index (χ0v) is 14.6. The predicted octanol–water partition coefficient (Wildman–Crippen LogP) is 3.72. The molecule has 114 valence electrons. The SMILES string of the molecule is Cc1ccc(Br)c(C(=O)NC(C(N)=S)C2CCCCC2)c1. The van der Waals surface area contributed by atoms with Crippen LogP contribution in [0.15, 0.2) is 22.7 Å². The molecule has 0 heterocycles. The number of aryl methyl sites for hydroxylation is 1. The summed E-state index contributed by atoms with van der Waals surface area (Å²) in [6.45, 7) is 1.97. The molecule has 1 atom stereocenters. The molecule has 0 radical (unpaired) electrons. The topological polar surface area (TPSA) is 55.1 Å². The molecule has 21 heavy (non-hydrogen) atoms. The normalized spacial score (nSPS) is 17.2. The molecule has 5 heteroatoms. The van der Waals surface area contributed by atoms with Gasteiger partial charge in [0.05, 0.1) is 16.6 Å². The van der Waals surface area contributed by atoms with Gasteiger partial charge >= 0.3 is 0 Å². The van der Waals surface area contributed by atoms with Gasteiger partial charge in [0.15, 0.2) is 0 Å². The Balaban J connectivity index is 2.14. The summed E-state index contributed by atoms with van der Waals surface area (Å²) in [6.07, 6.45) is 5.80. The largest absolute Gasteiger partial charge is 0.392 e. The Bertz CT molecular complexity index is 541. The number of carbonyl (C=O) groups is 1. The Hall–Kier alpha value is -0.940. The van der Waals surface area contributed by atoms with Crippen molar-refractivity contribution in [2.75, 3.05) is 0 Å². The molecule has 1 amide bonds. The third-order valence-corrected chi connectivity index (χ3v) is 5.03. The van der Waals surface area contributed by atoms with Gasteiger partial charge in [0.2, 0.25) is 0 Å². The molecule has 0 aliphatic heterocycles. The van der Waals surface area contributed by atoms with Crippen molar-refractivity contribution in [3.8, 4) is 0 Å². The Morgan fingerprint density at radius 2 is 2.05 bits per heavy atom. The molecule has 1 unspecified atom stereocenters. The van der Waals surface area contributed by atoms with Crippen molar-refractivity contribution in [1.82, 2.24) is 5.32 Å². The van der Waals surface area contributed by atoms with E-state index < -0.39 is 0 Å². The van der Waals surface area contributed by atoms with E-state index in [9.17, 15) is 4.79 Å². The third-order valence-electron chi connectivity index (χ3n) is 4.08. The fraction of sp³-hybridized carbons (Fsp3) is 0.500. The van der Waals surface area contributed by atoms with Gasteiger partial charge in [0, 0.05) is 4.47 Å². The zero-order valence-electron chi connectivity index (χ0n) is 12.2. The lowest BCUT2D eigenvalue weighted by Gasteiger charge is -2.30. The van der Waals surface area contributed by atoms with Crippen LogP contribution in [0.2, 0.25) is 0 Å². The van der Waals surface area contributed by atoms with E-state index in [0.29, 0.717) is 16.5 Å². The van der Waals surface area contributed by atoms with E-state index in [1.165, 1.54) is 19.3 Å². The molecule has 3 N–H and O–H groups in total. The second kappa shape index (κ2) is 7.36. The first kappa shape index (κ1) is 16.4. The molecular formula is C16H21BrN2OS. The number of rotatable bonds is 4. The van der Waals surface area contributed by atoms with Gasteiger partial charge in [-0.3, -0.25) is 4.79 Å². The molecule has 0 aromatic heterocycles. The lowest BCUT2D eigenvalue weighted by atomic mass is 9.83. The number of hydrogen-bond acceptors (Lipinski definition) is 2. The van der Waals surface area contributed by atoms with Crippen LogP contribution in [0.4, 0.5) is 0 Å².